The number of ether oxygens (including phenoxy) is 1. The molecule has 1 rings (SSSR count). The zero-order chi connectivity index (χ0) is 11.4. The number of carbonyl (C=O) groups excluding carboxylic acids is 1. The van der Waals surface area contributed by atoms with Crippen molar-refractivity contribution in [2.45, 2.75) is 45.6 Å². The summed E-state index contributed by atoms with van der Waals surface area (Å²) >= 11 is 0. The van der Waals surface area contributed by atoms with E-state index in [1.807, 2.05) is 0 Å². The molecular formula is C12H22O3. The van der Waals surface area contributed by atoms with Crippen LogP contribution in [0.15, 0.2) is 0 Å². The minimum atomic E-state index is -0.541. The fourth-order valence-corrected chi connectivity index (χ4v) is 2.52. The Hall–Kier alpha value is -0.570. The molecule has 0 spiro atoms. The van der Waals surface area contributed by atoms with Gasteiger partial charge < -0.3 is 9.84 Å². The largest absolute Gasteiger partial charge is 0.469 e. The van der Waals surface area contributed by atoms with Crippen LogP contribution in [-0.4, -0.2) is 24.3 Å². The highest BCUT2D eigenvalue weighted by atomic mass is 16.5. The van der Waals surface area contributed by atoms with Crippen LogP contribution in [0.25, 0.3) is 0 Å². The van der Waals surface area contributed by atoms with E-state index in [0.29, 0.717) is 5.92 Å². The van der Waals surface area contributed by atoms with Gasteiger partial charge in [0.1, 0.15) is 0 Å². The van der Waals surface area contributed by atoms with Crippen LogP contribution >= 0.6 is 0 Å². The molecule has 1 aliphatic rings. The van der Waals surface area contributed by atoms with Gasteiger partial charge in [-0.3, -0.25) is 4.79 Å². The summed E-state index contributed by atoms with van der Waals surface area (Å²) in [5, 5.41) is 10.1. The second-order valence-electron chi connectivity index (χ2n) is 4.83. The lowest BCUT2D eigenvalue weighted by Gasteiger charge is -2.32. The molecule has 4 unspecified atom stereocenters. The molecule has 0 aromatic heterocycles. The van der Waals surface area contributed by atoms with Gasteiger partial charge in [-0.05, 0) is 31.6 Å². The SMILES string of the molecule is COC(=O)C(C)C(O)C1CCCC(C)C1. The number of rotatable bonds is 3. The van der Waals surface area contributed by atoms with E-state index in [-0.39, 0.29) is 11.9 Å². The Balaban J connectivity index is 2.51. The van der Waals surface area contributed by atoms with Gasteiger partial charge in [0.15, 0.2) is 0 Å². The first-order chi connectivity index (χ1) is 7.06. The van der Waals surface area contributed by atoms with Gasteiger partial charge in [0, 0.05) is 0 Å². The molecule has 0 bridgehead atoms. The summed E-state index contributed by atoms with van der Waals surface area (Å²) in [5.41, 5.74) is 0. The van der Waals surface area contributed by atoms with Crippen molar-refractivity contribution in [2.75, 3.05) is 7.11 Å². The van der Waals surface area contributed by atoms with Crippen molar-refractivity contribution in [3.8, 4) is 0 Å². The Morgan fingerprint density at radius 2 is 2.13 bits per heavy atom. The molecule has 0 aromatic rings. The maximum Gasteiger partial charge on any atom is 0.311 e. The second-order valence-corrected chi connectivity index (χ2v) is 4.83. The molecule has 1 saturated carbocycles. The number of esters is 1. The maximum absolute atomic E-state index is 11.3. The minimum Gasteiger partial charge on any atom is -0.469 e. The first-order valence-electron chi connectivity index (χ1n) is 5.82. The van der Waals surface area contributed by atoms with E-state index < -0.39 is 12.0 Å². The van der Waals surface area contributed by atoms with Gasteiger partial charge in [-0.2, -0.15) is 0 Å². The smallest absolute Gasteiger partial charge is 0.311 e. The van der Waals surface area contributed by atoms with Gasteiger partial charge >= 0.3 is 5.97 Å². The summed E-state index contributed by atoms with van der Waals surface area (Å²) < 4.78 is 4.65. The first kappa shape index (κ1) is 12.5. The highest BCUT2D eigenvalue weighted by molar-refractivity contribution is 5.72. The Kier molecular flexibility index (Phi) is 4.58. The molecule has 0 aromatic carbocycles. The van der Waals surface area contributed by atoms with Gasteiger partial charge in [-0.1, -0.05) is 19.8 Å². The molecule has 3 nitrogen and oxygen atoms in total. The molecule has 15 heavy (non-hydrogen) atoms. The number of methoxy groups -OCH3 is 1. The first-order valence-corrected chi connectivity index (χ1v) is 5.82. The third kappa shape index (κ3) is 3.20. The molecule has 1 aliphatic carbocycles. The topological polar surface area (TPSA) is 46.5 Å². The van der Waals surface area contributed by atoms with E-state index >= 15 is 0 Å². The Morgan fingerprint density at radius 1 is 1.47 bits per heavy atom. The number of carbonyl (C=O) groups is 1. The van der Waals surface area contributed by atoms with Crippen molar-refractivity contribution in [3.63, 3.8) is 0 Å². The summed E-state index contributed by atoms with van der Waals surface area (Å²) in [6, 6.07) is 0. The maximum atomic E-state index is 11.3. The molecule has 1 N–H and O–H groups in total. The van der Waals surface area contributed by atoms with Gasteiger partial charge in [-0.15, -0.1) is 0 Å². The van der Waals surface area contributed by atoms with Gasteiger partial charge in [0.05, 0.1) is 19.1 Å². The van der Waals surface area contributed by atoms with Crippen molar-refractivity contribution < 1.29 is 14.6 Å². The van der Waals surface area contributed by atoms with Gasteiger partial charge in [0.2, 0.25) is 0 Å². The molecule has 0 heterocycles. The zero-order valence-corrected chi connectivity index (χ0v) is 9.90. The Bertz CT molecular complexity index is 215. The minimum absolute atomic E-state index is 0.267. The summed E-state index contributed by atoms with van der Waals surface area (Å²) in [4.78, 5) is 11.3. The molecule has 0 aliphatic heterocycles. The fraction of sp³-hybridized carbons (Fsp3) is 0.917. The van der Waals surface area contributed by atoms with Crippen molar-refractivity contribution >= 4 is 5.97 Å². The fourth-order valence-electron chi connectivity index (χ4n) is 2.52. The van der Waals surface area contributed by atoms with Crippen LogP contribution in [0.3, 0.4) is 0 Å². The molecule has 4 atom stereocenters. The van der Waals surface area contributed by atoms with Crippen LogP contribution in [0.5, 0.6) is 0 Å². The van der Waals surface area contributed by atoms with Crippen LogP contribution in [0.4, 0.5) is 0 Å². The predicted molar refractivity (Wildman–Crippen MR) is 58.3 cm³/mol. The predicted octanol–water partition coefficient (Wildman–Crippen LogP) is 1.98. The molecule has 0 radical (unpaired) electrons. The third-order valence-corrected chi connectivity index (χ3v) is 3.55. The highest BCUT2D eigenvalue weighted by Crippen LogP contribution is 2.33. The summed E-state index contributed by atoms with van der Waals surface area (Å²) in [7, 11) is 1.37. The number of aliphatic hydroxyl groups is 1. The van der Waals surface area contributed by atoms with E-state index in [4.69, 9.17) is 0 Å². The van der Waals surface area contributed by atoms with E-state index in [1.54, 1.807) is 6.92 Å². The summed E-state index contributed by atoms with van der Waals surface area (Å²) in [6.45, 7) is 3.96. The molecule has 0 saturated heterocycles. The van der Waals surface area contributed by atoms with E-state index in [0.717, 1.165) is 19.3 Å². The van der Waals surface area contributed by atoms with Gasteiger partial charge in [0.25, 0.3) is 0 Å². The van der Waals surface area contributed by atoms with Crippen LogP contribution in [0.1, 0.15) is 39.5 Å². The van der Waals surface area contributed by atoms with Crippen LogP contribution in [0.2, 0.25) is 0 Å². The average Bonchev–Trinajstić information content (AvgIpc) is 2.26. The lowest BCUT2D eigenvalue weighted by atomic mass is 9.76. The van der Waals surface area contributed by atoms with Crippen molar-refractivity contribution in [3.05, 3.63) is 0 Å². The normalized spacial score (nSPS) is 30.7. The molecule has 0 amide bonds. The Labute approximate surface area is 91.8 Å². The van der Waals surface area contributed by atoms with Crippen LogP contribution in [-0.2, 0) is 9.53 Å². The molecule has 88 valence electrons. The molecular weight excluding hydrogens is 192 g/mol. The summed E-state index contributed by atoms with van der Waals surface area (Å²) in [5.74, 6) is 0.233. The monoisotopic (exact) mass is 214 g/mol. The lowest BCUT2D eigenvalue weighted by Crippen LogP contribution is -2.35. The van der Waals surface area contributed by atoms with Crippen molar-refractivity contribution in [2.24, 2.45) is 17.8 Å². The lowest BCUT2D eigenvalue weighted by molar-refractivity contribution is -0.150. The Morgan fingerprint density at radius 3 is 2.67 bits per heavy atom. The second kappa shape index (κ2) is 5.50. The van der Waals surface area contributed by atoms with E-state index in [2.05, 4.69) is 11.7 Å². The molecule has 1 fully saturated rings. The summed E-state index contributed by atoms with van der Waals surface area (Å²) in [6.07, 6.45) is 3.93. The van der Waals surface area contributed by atoms with Crippen molar-refractivity contribution in [1.29, 1.82) is 0 Å². The molecule has 3 heteroatoms. The number of aliphatic hydroxyl groups excluding tert-OH is 1. The highest BCUT2D eigenvalue weighted by Gasteiger charge is 2.32. The van der Waals surface area contributed by atoms with Gasteiger partial charge in [-0.25, -0.2) is 0 Å². The average molecular weight is 214 g/mol. The quantitative estimate of drug-likeness (QED) is 0.731. The van der Waals surface area contributed by atoms with E-state index in [9.17, 15) is 9.90 Å². The van der Waals surface area contributed by atoms with E-state index in [1.165, 1.54) is 13.5 Å². The van der Waals surface area contributed by atoms with Crippen LogP contribution in [0, 0.1) is 17.8 Å². The zero-order valence-electron chi connectivity index (χ0n) is 9.90. The standard InChI is InChI=1S/C12H22O3/c1-8-5-4-6-10(7-8)11(13)9(2)12(14)15-3/h8-11,13H,4-7H2,1-3H3. The van der Waals surface area contributed by atoms with Crippen molar-refractivity contribution in [1.82, 2.24) is 0 Å². The number of hydrogen-bond donors (Lipinski definition) is 1. The number of hydrogen-bond acceptors (Lipinski definition) is 3. The van der Waals surface area contributed by atoms with Crippen LogP contribution < -0.4 is 0 Å². The third-order valence-electron chi connectivity index (χ3n) is 3.55.